The van der Waals surface area contributed by atoms with Gasteiger partial charge in [0.05, 0.1) is 0 Å². The van der Waals surface area contributed by atoms with Crippen molar-refractivity contribution in [2.24, 2.45) is 5.92 Å². The van der Waals surface area contributed by atoms with Crippen LogP contribution in [0.15, 0.2) is 40.2 Å². The van der Waals surface area contributed by atoms with Gasteiger partial charge in [-0.3, -0.25) is 0 Å². The van der Waals surface area contributed by atoms with Crippen molar-refractivity contribution in [3.8, 4) is 0 Å². The normalized spacial score (nSPS) is 12.8. The fourth-order valence-corrected chi connectivity index (χ4v) is 3.93. The van der Waals surface area contributed by atoms with Crippen molar-refractivity contribution in [3.05, 3.63) is 56.4 Å². The van der Waals surface area contributed by atoms with E-state index in [4.69, 9.17) is 0 Å². The summed E-state index contributed by atoms with van der Waals surface area (Å²) in [6, 6.07) is 9.17. The van der Waals surface area contributed by atoms with Gasteiger partial charge in [-0.05, 0) is 57.9 Å². The molecule has 1 unspecified atom stereocenters. The van der Waals surface area contributed by atoms with Crippen molar-refractivity contribution in [2.45, 2.75) is 26.2 Å². The molecule has 2 rings (SSSR count). The van der Waals surface area contributed by atoms with E-state index in [0.29, 0.717) is 5.92 Å². The molecule has 1 N–H and O–H groups in total. The quantitative estimate of drug-likeness (QED) is 0.705. The monoisotopic (exact) mass is 369 g/mol. The van der Waals surface area contributed by atoms with Crippen molar-refractivity contribution in [3.63, 3.8) is 0 Å². The van der Waals surface area contributed by atoms with Crippen LogP contribution in [-0.2, 0) is 6.42 Å². The molecule has 21 heavy (non-hydrogen) atoms. The van der Waals surface area contributed by atoms with Gasteiger partial charge in [0.1, 0.15) is 5.82 Å². The first-order chi connectivity index (χ1) is 10.1. The Morgan fingerprint density at radius 3 is 2.57 bits per heavy atom. The number of rotatable bonds is 7. The van der Waals surface area contributed by atoms with Crippen LogP contribution in [0.25, 0.3) is 0 Å². The van der Waals surface area contributed by atoms with E-state index >= 15 is 0 Å². The molecule has 0 spiro atoms. The molecule has 2 aromatic rings. The Balaban J connectivity index is 2.14. The van der Waals surface area contributed by atoms with Crippen molar-refractivity contribution in [1.29, 1.82) is 0 Å². The van der Waals surface area contributed by atoms with Gasteiger partial charge >= 0.3 is 0 Å². The summed E-state index contributed by atoms with van der Waals surface area (Å²) >= 11 is 5.29. The van der Waals surface area contributed by atoms with Crippen LogP contribution < -0.4 is 5.32 Å². The molecule has 1 nitrogen and oxygen atoms in total. The van der Waals surface area contributed by atoms with Crippen LogP contribution in [-0.4, -0.2) is 13.1 Å². The van der Waals surface area contributed by atoms with Crippen LogP contribution in [0.4, 0.5) is 4.39 Å². The first kappa shape index (κ1) is 16.7. The van der Waals surface area contributed by atoms with Crippen molar-refractivity contribution >= 4 is 27.3 Å². The standard InChI is InChI=1S/C17H21BrFNS/c1-12(2)10-20-11-13(9-17-15(18)7-8-21-17)14-5-3-4-6-16(14)19/h3-8,12-13,20H,9-11H2,1-2H3. The van der Waals surface area contributed by atoms with Crippen LogP contribution in [0.3, 0.4) is 0 Å². The Labute approximate surface area is 138 Å². The van der Waals surface area contributed by atoms with Gasteiger partial charge in [-0.15, -0.1) is 11.3 Å². The third-order valence-corrected chi connectivity index (χ3v) is 5.36. The van der Waals surface area contributed by atoms with Crippen LogP contribution in [0.5, 0.6) is 0 Å². The van der Waals surface area contributed by atoms with E-state index in [1.165, 1.54) is 4.88 Å². The molecule has 1 heterocycles. The maximum atomic E-state index is 14.1. The third kappa shape index (κ3) is 4.90. The second-order valence-corrected chi connectivity index (χ2v) is 7.52. The van der Waals surface area contributed by atoms with Crippen LogP contribution >= 0.6 is 27.3 Å². The summed E-state index contributed by atoms with van der Waals surface area (Å²) < 4.78 is 15.2. The van der Waals surface area contributed by atoms with Gasteiger partial charge in [-0.25, -0.2) is 4.39 Å². The maximum absolute atomic E-state index is 14.1. The van der Waals surface area contributed by atoms with E-state index in [0.717, 1.165) is 29.5 Å². The second kappa shape index (κ2) is 8.06. The van der Waals surface area contributed by atoms with Crippen LogP contribution in [0.1, 0.15) is 30.2 Å². The molecule has 0 amide bonds. The van der Waals surface area contributed by atoms with Gasteiger partial charge in [-0.1, -0.05) is 32.0 Å². The lowest BCUT2D eigenvalue weighted by Gasteiger charge is -2.19. The number of benzene rings is 1. The minimum absolute atomic E-state index is 0.110. The summed E-state index contributed by atoms with van der Waals surface area (Å²) in [5.74, 6) is 0.640. The van der Waals surface area contributed by atoms with Gasteiger partial charge in [0.25, 0.3) is 0 Å². The average molecular weight is 370 g/mol. The minimum atomic E-state index is -0.110. The number of hydrogen-bond donors (Lipinski definition) is 1. The zero-order valence-corrected chi connectivity index (χ0v) is 14.8. The zero-order valence-electron chi connectivity index (χ0n) is 12.4. The predicted molar refractivity (Wildman–Crippen MR) is 92.6 cm³/mol. The van der Waals surface area contributed by atoms with Crippen molar-refractivity contribution in [1.82, 2.24) is 5.32 Å². The van der Waals surface area contributed by atoms with E-state index in [1.54, 1.807) is 23.5 Å². The Morgan fingerprint density at radius 1 is 1.19 bits per heavy atom. The Hall–Kier alpha value is -0.710. The highest BCUT2D eigenvalue weighted by atomic mass is 79.9. The third-order valence-electron chi connectivity index (χ3n) is 3.41. The second-order valence-electron chi connectivity index (χ2n) is 5.67. The molecule has 4 heteroatoms. The number of halogens is 2. The van der Waals surface area contributed by atoms with Gasteiger partial charge in [0.2, 0.25) is 0 Å². The number of hydrogen-bond acceptors (Lipinski definition) is 2. The minimum Gasteiger partial charge on any atom is -0.316 e. The average Bonchev–Trinajstić information content (AvgIpc) is 2.83. The van der Waals surface area contributed by atoms with E-state index in [-0.39, 0.29) is 11.7 Å². The van der Waals surface area contributed by atoms with Gasteiger partial charge in [-0.2, -0.15) is 0 Å². The van der Waals surface area contributed by atoms with E-state index in [2.05, 4.69) is 46.5 Å². The Kier molecular flexibility index (Phi) is 6.40. The van der Waals surface area contributed by atoms with E-state index in [1.807, 2.05) is 12.1 Å². The molecule has 1 aromatic carbocycles. The first-order valence-corrected chi connectivity index (χ1v) is 8.92. The van der Waals surface area contributed by atoms with E-state index < -0.39 is 0 Å². The molecule has 0 radical (unpaired) electrons. The van der Waals surface area contributed by atoms with E-state index in [9.17, 15) is 4.39 Å². The van der Waals surface area contributed by atoms with Crippen LogP contribution in [0, 0.1) is 11.7 Å². The fourth-order valence-electron chi connectivity index (χ4n) is 2.34. The molecular weight excluding hydrogens is 349 g/mol. The largest absolute Gasteiger partial charge is 0.316 e. The molecule has 0 aliphatic carbocycles. The number of nitrogens with one attached hydrogen (secondary N) is 1. The first-order valence-electron chi connectivity index (χ1n) is 7.25. The molecule has 0 saturated carbocycles. The lowest BCUT2D eigenvalue weighted by molar-refractivity contribution is 0.500. The molecule has 1 atom stereocenters. The summed E-state index contributed by atoms with van der Waals surface area (Å²) in [5.41, 5.74) is 0.800. The predicted octanol–water partition coefficient (Wildman–Crippen LogP) is 5.22. The topological polar surface area (TPSA) is 12.0 Å². The fraction of sp³-hybridized carbons (Fsp3) is 0.412. The van der Waals surface area contributed by atoms with Crippen molar-refractivity contribution < 1.29 is 4.39 Å². The molecular formula is C17H21BrFNS. The van der Waals surface area contributed by atoms with Crippen molar-refractivity contribution in [2.75, 3.05) is 13.1 Å². The highest BCUT2D eigenvalue weighted by Crippen LogP contribution is 2.30. The SMILES string of the molecule is CC(C)CNCC(Cc1sccc1Br)c1ccccc1F. The summed E-state index contributed by atoms with van der Waals surface area (Å²) in [5, 5.41) is 5.53. The lowest BCUT2D eigenvalue weighted by Crippen LogP contribution is -2.27. The highest BCUT2D eigenvalue weighted by Gasteiger charge is 2.18. The zero-order chi connectivity index (χ0) is 15.2. The molecule has 0 fully saturated rings. The lowest BCUT2D eigenvalue weighted by atomic mass is 9.94. The van der Waals surface area contributed by atoms with Gasteiger partial charge < -0.3 is 5.32 Å². The highest BCUT2D eigenvalue weighted by molar-refractivity contribution is 9.10. The summed E-state index contributed by atoms with van der Waals surface area (Å²) in [6.45, 7) is 6.11. The van der Waals surface area contributed by atoms with Gasteiger partial charge in [0, 0.05) is 21.8 Å². The van der Waals surface area contributed by atoms with Gasteiger partial charge in [0.15, 0.2) is 0 Å². The molecule has 0 bridgehead atoms. The molecule has 0 aliphatic rings. The summed E-state index contributed by atoms with van der Waals surface area (Å²) in [6.07, 6.45) is 0.851. The molecule has 0 saturated heterocycles. The van der Waals surface area contributed by atoms with Crippen LogP contribution in [0.2, 0.25) is 0 Å². The molecule has 0 aliphatic heterocycles. The summed E-state index contributed by atoms with van der Waals surface area (Å²) in [4.78, 5) is 1.27. The Bertz CT molecular complexity index is 567. The molecule has 114 valence electrons. The smallest absolute Gasteiger partial charge is 0.126 e. The number of thiophene rings is 1. The maximum Gasteiger partial charge on any atom is 0.126 e. The Morgan fingerprint density at radius 2 is 1.95 bits per heavy atom. The summed E-state index contributed by atoms with van der Waals surface area (Å²) in [7, 11) is 0. The molecule has 1 aromatic heterocycles.